The first kappa shape index (κ1) is 9.65. The Balaban J connectivity index is 2.47. The molecule has 0 amide bonds. The van der Waals surface area contributed by atoms with Crippen LogP contribution in [0.3, 0.4) is 0 Å². The molecule has 15 heavy (non-hydrogen) atoms. The molecule has 0 aliphatic carbocycles. The second-order valence-electron chi connectivity index (χ2n) is 3.58. The molecule has 1 aliphatic heterocycles. The highest BCUT2D eigenvalue weighted by atomic mass is 16.5. The van der Waals surface area contributed by atoms with Crippen molar-refractivity contribution in [2.45, 2.75) is 13.8 Å². The summed E-state index contributed by atoms with van der Waals surface area (Å²) in [5.74, 6) is -1.04. The number of aryl methyl sites for hydroxylation is 2. The van der Waals surface area contributed by atoms with E-state index in [4.69, 9.17) is 4.74 Å². The monoisotopic (exact) mass is 202 g/mol. The Hall–Kier alpha value is -1.90. The quantitative estimate of drug-likeness (QED) is 0.515. The van der Waals surface area contributed by atoms with Crippen molar-refractivity contribution in [3.8, 4) is 0 Å². The minimum absolute atomic E-state index is 0.353. The van der Waals surface area contributed by atoms with Crippen molar-refractivity contribution < 1.29 is 14.3 Å². The average Bonchev–Trinajstić information content (AvgIpc) is 2.51. The highest BCUT2D eigenvalue weighted by molar-refractivity contribution is 6.43. The van der Waals surface area contributed by atoms with Crippen molar-refractivity contribution in [2.24, 2.45) is 0 Å². The zero-order chi connectivity index (χ0) is 11.0. The number of hydrogen-bond acceptors (Lipinski definition) is 3. The summed E-state index contributed by atoms with van der Waals surface area (Å²) in [5, 5.41) is 0. The van der Waals surface area contributed by atoms with Crippen LogP contribution >= 0.6 is 0 Å². The average molecular weight is 202 g/mol. The number of ketones is 1. The van der Waals surface area contributed by atoms with Gasteiger partial charge in [-0.25, -0.2) is 4.79 Å². The van der Waals surface area contributed by atoms with Crippen LogP contribution in [0.5, 0.6) is 0 Å². The Kier molecular flexibility index (Phi) is 2.15. The van der Waals surface area contributed by atoms with Crippen LogP contribution in [-0.4, -0.2) is 11.8 Å². The van der Waals surface area contributed by atoms with Crippen LogP contribution in [-0.2, 0) is 14.3 Å². The molecule has 0 unspecified atom stereocenters. The summed E-state index contributed by atoms with van der Waals surface area (Å²) in [5.41, 5.74) is 2.84. The Morgan fingerprint density at radius 3 is 2.47 bits per heavy atom. The van der Waals surface area contributed by atoms with Gasteiger partial charge in [0.15, 0.2) is 0 Å². The van der Waals surface area contributed by atoms with Crippen LogP contribution < -0.4 is 0 Å². The predicted molar refractivity (Wildman–Crippen MR) is 55.0 cm³/mol. The van der Waals surface area contributed by atoms with E-state index < -0.39 is 11.8 Å². The molecule has 0 N–H and O–H groups in total. The fraction of sp³-hybridized carbons (Fsp3) is 0.167. The third kappa shape index (κ3) is 1.68. The van der Waals surface area contributed by atoms with Gasteiger partial charge in [-0.15, -0.1) is 0 Å². The predicted octanol–water partition coefficient (Wildman–Crippen LogP) is 1.77. The van der Waals surface area contributed by atoms with Crippen LogP contribution in [0.25, 0.3) is 5.76 Å². The van der Waals surface area contributed by atoms with Crippen molar-refractivity contribution >= 4 is 17.5 Å². The molecule has 0 bridgehead atoms. The number of rotatable bonds is 1. The van der Waals surface area contributed by atoms with Crippen molar-refractivity contribution in [2.75, 3.05) is 0 Å². The molecule has 1 aromatic rings. The molecule has 0 atom stereocenters. The van der Waals surface area contributed by atoms with Gasteiger partial charge in [-0.05, 0) is 25.5 Å². The van der Waals surface area contributed by atoms with E-state index in [1.54, 1.807) is 0 Å². The lowest BCUT2D eigenvalue weighted by atomic mass is 10.0. The van der Waals surface area contributed by atoms with Gasteiger partial charge in [-0.3, -0.25) is 4.79 Å². The van der Waals surface area contributed by atoms with Gasteiger partial charge in [0.25, 0.3) is 5.78 Å². The third-order valence-electron chi connectivity index (χ3n) is 2.32. The highest BCUT2D eigenvalue weighted by Gasteiger charge is 2.25. The maximum absolute atomic E-state index is 11.0. The normalized spacial score (nSPS) is 15.2. The fourth-order valence-corrected chi connectivity index (χ4v) is 1.49. The van der Waals surface area contributed by atoms with Gasteiger partial charge >= 0.3 is 5.97 Å². The van der Waals surface area contributed by atoms with E-state index >= 15 is 0 Å². The van der Waals surface area contributed by atoms with Gasteiger partial charge < -0.3 is 4.74 Å². The topological polar surface area (TPSA) is 43.4 Å². The summed E-state index contributed by atoms with van der Waals surface area (Å²) in [6.07, 6.45) is 1.24. The summed E-state index contributed by atoms with van der Waals surface area (Å²) < 4.78 is 4.87. The van der Waals surface area contributed by atoms with Crippen LogP contribution in [0.2, 0.25) is 0 Å². The van der Waals surface area contributed by atoms with E-state index in [-0.39, 0.29) is 0 Å². The Bertz CT molecular complexity index is 484. The zero-order valence-corrected chi connectivity index (χ0v) is 8.53. The molecule has 3 heteroatoms. The molecule has 0 fully saturated rings. The molecule has 0 aromatic heterocycles. The first-order valence-electron chi connectivity index (χ1n) is 4.63. The molecule has 1 aliphatic rings. The Morgan fingerprint density at radius 2 is 1.87 bits per heavy atom. The maximum atomic E-state index is 11.0. The smallest absolute Gasteiger partial charge is 0.384 e. The molecule has 1 heterocycles. The third-order valence-corrected chi connectivity index (χ3v) is 2.32. The molecule has 76 valence electrons. The van der Waals surface area contributed by atoms with Crippen LogP contribution in [0.4, 0.5) is 0 Å². The summed E-state index contributed by atoms with van der Waals surface area (Å²) in [7, 11) is 0. The lowest BCUT2D eigenvalue weighted by Crippen LogP contribution is -2.05. The van der Waals surface area contributed by atoms with Gasteiger partial charge in [0.05, 0.1) is 0 Å². The second kappa shape index (κ2) is 3.35. The number of hydrogen-bond donors (Lipinski definition) is 0. The van der Waals surface area contributed by atoms with Crippen molar-refractivity contribution in [1.82, 2.24) is 0 Å². The minimum Gasteiger partial charge on any atom is -0.420 e. The summed E-state index contributed by atoms with van der Waals surface area (Å²) in [4.78, 5) is 21.9. The fourth-order valence-electron chi connectivity index (χ4n) is 1.49. The van der Waals surface area contributed by atoms with E-state index in [2.05, 4.69) is 0 Å². The highest BCUT2D eigenvalue weighted by Crippen LogP contribution is 2.24. The van der Waals surface area contributed by atoms with E-state index in [0.717, 1.165) is 16.7 Å². The van der Waals surface area contributed by atoms with Gasteiger partial charge in [-0.1, -0.05) is 17.7 Å². The molecule has 0 saturated carbocycles. The first-order valence-corrected chi connectivity index (χ1v) is 4.63. The molecule has 1 aromatic carbocycles. The zero-order valence-electron chi connectivity index (χ0n) is 8.53. The van der Waals surface area contributed by atoms with E-state index in [0.29, 0.717) is 5.76 Å². The molecular weight excluding hydrogens is 192 g/mol. The number of carbonyl (C=O) groups is 2. The van der Waals surface area contributed by atoms with E-state index in [1.165, 1.54) is 6.08 Å². The van der Waals surface area contributed by atoms with Crippen molar-refractivity contribution in [1.29, 1.82) is 0 Å². The van der Waals surface area contributed by atoms with Crippen LogP contribution in [0, 0.1) is 13.8 Å². The molecular formula is C12H10O3. The second-order valence-corrected chi connectivity index (χ2v) is 3.58. The SMILES string of the molecule is Cc1ccc(C)c(C2=CC(=O)C(=O)O2)c1. The number of esters is 1. The maximum Gasteiger partial charge on any atom is 0.384 e. The summed E-state index contributed by atoms with van der Waals surface area (Å²) in [6.45, 7) is 3.86. The lowest BCUT2D eigenvalue weighted by molar-refractivity contribution is -0.144. The molecule has 0 spiro atoms. The van der Waals surface area contributed by atoms with Gasteiger partial charge in [-0.2, -0.15) is 0 Å². The van der Waals surface area contributed by atoms with Crippen molar-refractivity contribution in [3.63, 3.8) is 0 Å². The number of carbonyl (C=O) groups excluding carboxylic acids is 2. The Labute approximate surface area is 87.4 Å². The summed E-state index contributed by atoms with van der Waals surface area (Å²) >= 11 is 0. The number of benzene rings is 1. The van der Waals surface area contributed by atoms with E-state index in [9.17, 15) is 9.59 Å². The standard InChI is InChI=1S/C12H10O3/c1-7-3-4-8(2)9(5-7)11-6-10(13)12(14)15-11/h3-6H,1-2H3. The number of cyclic esters (lactones) is 1. The van der Waals surface area contributed by atoms with Crippen LogP contribution in [0.15, 0.2) is 24.3 Å². The number of ether oxygens (including phenoxy) is 1. The molecule has 0 radical (unpaired) electrons. The van der Waals surface area contributed by atoms with Gasteiger partial charge in [0.1, 0.15) is 5.76 Å². The molecule has 0 saturated heterocycles. The van der Waals surface area contributed by atoms with Gasteiger partial charge in [0, 0.05) is 11.6 Å². The van der Waals surface area contributed by atoms with Crippen molar-refractivity contribution in [3.05, 3.63) is 41.0 Å². The first-order chi connectivity index (χ1) is 7.08. The largest absolute Gasteiger partial charge is 0.420 e. The molecule has 3 nitrogen and oxygen atoms in total. The minimum atomic E-state index is -0.800. The molecule has 2 rings (SSSR count). The van der Waals surface area contributed by atoms with Gasteiger partial charge in [0.2, 0.25) is 0 Å². The Morgan fingerprint density at radius 1 is 1.13 bits per heavy atom. The lowest BCUT2D eigenvalue weighted by Gasteiger charge is -2.06. The van der Waals surface area contributed by atoms with E-state index in [1.807, 2.05) is 32.0 Å². The van der Waals surface area contributed by atoms with Crippen LogP contribution in [0.1, 0.15) is 16.7 Å². The summed E-state index contributed by atoms with van der Waals surface area (Å²) in [6, 6.07) is 5.80.